The van der Waals surface area contributed by atoms with E-state index in [0.717, 1.165) is 24.7 Å². The molecule has 0 rings (SSSR count). The summed E-state index contributed by atoms with van der Waals surface area (Å²) in [4.78, 5) is 11.3. The number of halogens is 1. The van der Waals surface area contributed by atoms with Crippen molar-refractivity contribution in [2.45, 2.75) is 37.9 Å². The standard InChI is InChI=1S/C10H20BrNOS/c1-10(2,14-3)8-12-9(13)6-4-5-7-11/h4-8H2,1-3H3,(H,12,13). The third kappa shape index (κ3) is 7.68. The zero-order chi connectivity index (χ0) is 11.0. The van der Waals surface area contributed by atoms with E-state index < -0.39 is 0 Å². The van der Waals surface area contributed by atoms with Crippen molar-refractivity contribution in [1.82, 2.24) is 5.32 Å². The minimum Gasteiger partial charge on any atom is -0.355 e. The molecule has 4 heteroatoms. The average molecular weight is 282 g/mol. The monoisotopic (exact) mass is 281 g/mol. The van der Waals surface area contributed by atoms with Crippen LogP contribution in [0.15, 0.2) is 0 Å². The van der Waals surface area contributed by atoms with Gasteiger partial charge in [0.1, 0.15) is 0 Å². The van der Waals surface area contributed by atoms with Crippen molar-refractivity contribution in [1.29, 1.82) is 0 Å². The van der Waals surface area contributed by atoms with Gasteiger partial charge in [-0.05, 0) is 32.9 Å². The van der Waals surface area contributed by atoms with Gasteiger partial charge in [-0.15, -0.1) is 0 Å². The lowest BCUT2D eigenvalue weighted by atomic mass is 10.2. The summed E-state index contributed by atoms with van der Waals surface area (Å²) in [6, 6.07) is 0. The molecule has 0 atom stereocenters. The topological polar surface area (TPSA) is 29.1 Å². The molecule has 0 radical (unpaired) electrons. The molecule has 84 valence electrons. The molecule has 0 heterocycles. The van der Waals surface area contributed by atoms with E-state index >= 15 is 0 Å². The van der Waals surface area contributed by atoms with Crippen molar-refractivity contribution in [2.75, 3.05) is 18.1 Å². The fraction of sp³-hybridized carbons (Fsp3) is 0.900. The number of rotatable bonds is 7. The van der Waals surface area contributed by atoms with Crippen LogP contribution in [-0.2, 0) is 4.79 Å². The van der Waals surface area contributed by atoms with Crippen LogP contribution in [0.3, 0.4) is 0 Å². The molecular formula is C10H20BrNOS. The second-order valence-electron chi connectivity index (χ2n) is 3.89. The van der Waals surface area contributed by atoms with Gasteiger partial charge in [0.05, 0.1) is 0 Å². The molecule has 0 unspecified atom stereocenters. The van der Waals surface area contributed by atoms with Crippen LogP contribution in [-0.4, -0.2) is 28.8 Å². The number of alkyl halides is 1. The van der Waals surface area contributed by atoms with E-state index in [4.69, 9.17) is 0 Å². The molecule has 0 bridgehead atoms. The summed E-state index contributed by atoms with van der Waals surface area (Å²) in [6.07, 6.45) is 4.75. The molecule has 0 aliphatic rings. The lowest BCUT2D eigenvalue weighted by Gasteiger charge is -2.22. The molecule has 0 aliphatic heterocycles. The van der Waals surface area contributed by atoms with Crippen molar-refractivity contribution < 1.29 is 4.79 Å². The van der Waals surface area contributed by atoms with Crippen LogP contribution in [0, 0.1) is 0 Å². The molecule has 0 aromatic rings. The molecule has 2 nitrogen and oxygen atoms in total. The first-order chi connectivity index (χ1) is 6.52. The van der Waals surface area contributed by atoms with E-state index in [1.54, 1.807) is 11.8 Å². The van der Waals surface area contributed by atoms with Crippen LogP contribution in [0.5, 0.6) is 0 Å². The quantitative estimate of drug-likeness (QED) is 0.574. The average Bonchev–Trinajstić information content (AvgIpc) is 2.16. The third-order valence-electron chi connectivity index (χ3n) is 2.05. The highest BCUT2D eigenvalue weighted by atomic mass is 79.9. The van der Waals surface area contributed by atoms with Crippen LogP contribution < -0.4 is 5.32 Å². The SMILES string of the molecule is CSC(C)(C)CNC(=O)CCCCBr. The Balaban J connectivity index is 3.53. The van der Waals surface area contributed by atoms with Crippen molar-refractivity contribution in [3.63, 3.8) is 0 Å². The van der Waals surface area contributed by atoms with E-state index in [0.29, 0.717) is 6.42 Å². The normalized spacial score (nSPS) is 11.4. The number of hydrogen-bond acceptors (Lipinski definition) is 2. The molecule has 0 aromatic heterocycles. The summed E-state index contributed by atoms with van der Waals surface area (Å²) in [5.74, 6) is 0.174. The van der Waals surface area contributed by atoms with Crippen LogP contribution >= 0.6 is 27.7 Å². The first-order valence-electron chi connectivity index (χ1n) is 4.89. The van der Waals surface area contributed by atoms with E-state index in [1.165, 1.54) is 0 Å². The van der Waals surface area contributed by atoms with E-state index in [9.17, 15) is 4.79 Å². The summed E-state index contributed by atoms with van der Waals surface area (Å²) < 4.78 is 0.144. The van der Waals surface area contributed by atoms with Crippen molar-refractivity contribution in [3.05, 3.63) is 0 Å². The molecule has 0 aliphatic carbocycles. The first-order valence-corrected chi connectivity index (χ1v) is 7.24. The van der Waals surface area contributed by atoms with Gasteiger partial charge in [0.15, 0.2) is 0 Å². The molecule has 0 aromatic carbocycles. The Labute approximate surface area is 99.7 Å². The molecule has 1 amide bonds. The Morgan fingerprint density at radius 2 is 2.07 bits per heavy atom. The lowest BCUT2D eigenvalue weighted by Crippen LogP contribution is -2.35. The van der Waals surface area contributed by atoms with Gasteiger partial charge in [-0.1, -0.05) is 15.9 Å². The summed E-state index contributed by atoms with van der Waals surface area (Å²) in [7, 11) is 0. The summed E-state index contributed by atoms with van der Waals surface area (Å²) in [5, 5.41) is 3.94. The van der Waals surface area contributed by atoms with E-state index in [-0.39, 0.29) is 10.7 Å². The minimum atomic E-state index is 0.144. The first kappa shape index (κ1) is 14.3. The van der Waals surface area contributed by atoms with Crippen LogP contribution in [0.1, 0.15) is 33.1 Å². The minimum absolute atomic E-state index is 0.144. The number of unbranched alkanes of at least 4 members (excludes halogenated alkanes) is 1. The van der Waals surface area contributed by atoms with Gasteiger partial charge in [-0.3, -0.25) is 4.79 Å². The van der Waals surface area contributed by atoms with E-state index in [1.807, 2.05) is 0 Å². The van der Waals surface area contributed by atoms with Crippen LogP contribution in [0.4, 0.5) is 0 Å². The van der Waals surface area contributed by atoms with Gasteiger partial charge in [-0.2, -0.15) is 11.8 Å². The number of carbonyl (C=O) groups is 1. The predicted octanol–water partition coefficient (Wildman–Crippen LogP) is 2.81. The number of thioether (sulfide) groups is 1. The molecular weight excluding hydrogens is 262 g/mol. The smallest absolute Gasteiger partial charge is 0.220 e. The number of hydrogen-bond donors (Lipinski definition) is 1. The van der Waals surface area contributed by atoms with Crippen LogP contribution in [0.2, 0.25) is 0 Å². The Bertz CT molecular complexity index is 174. The zero-order valence-corrected chi connectivity index (χ0v) is 11.6. The van der Waals surface area contributed by atoms with Crippen molar-refractivity contribution >= 4 is 33.6 Å². The van der Waals surface area contributed by atoms with Gasteiger partial charge in [0, 0.05) is 23.0 Å². The fourth-order valence-electron chi connectivity index (χ4n) is 0.852. The molecule has 14 heavy (non-hydrogen) atoms. The second-order valence-corrected chi connectivity index (χ2v) is 6.19. The maximum atomic E-state index is 11.3. The largest absolute Gasteiger partial charge is 0.355 e. The Hall–Kier alpha value is 0.300. The maximum absolute atomic E-state index is 11.3. The van der Waals surface area contributed by atoms with Gasteiger partial charge in [-0.25, -0.2) is 0 Å². The van der Waals surface area contributed by atoms with Crippen molar-refractivity contribution in [2.24, 2.45) is 0 Å². The number of amides is 1. The van der Waals surface area contributed by atoms with Crippen LogP contribution in [0.25, 0.3) is 0 Å². The van der Waals surface area contributed by atoms with Gasteiger partial charge in [0.2, 0.25) is 5.91 Å². The Morgan fingerprint density at radius 3 is 2.57 bits per heavy atom. The third-order valence-corrected chi connectivity index (χ3v) is 3.86. The highest BCUT2D eigenvalue weighted by Crippen LogP contribution is 2.19. The Morgan fingerprint density at radius 1 is 1.43 bits per heavy atom. The van der Waals surface area contributed by atoms with Crippen molar-refractivity contribution in [3.8, 4) is 0 Å². The number of nitrogens with one attached hydrogen (secondary N) is 1. The maximum Gasteiger partial charge on any atom is 0.220 e. The van der Waals surface area contributed by atoms with E-state index in [2.05, 4.69) is 41.3 Å². The zero-order valence-electron chi connectivity index (χ0n) is 9.23. The van der Waals surface area contributed by atoms with Gasteiger partial charge < -0.3 is 5.32 Å². The highest BCUT2D eigenvalue weighted by Gasteiger charge is 2.16. The molecule has 0 fully saturated rings. The molecule has 0 saturated heterocycles. The lowest BCUT2D eigenvalue weighted by molar-refractivity contribution is -0.121. The number of carbonyl (C=O) groups excluding carboxylic acids is 1. The highest BCUT2D eigenvalue weighted by molar-refractivity contribution is 9.09. The molecule has 0 saturated carbocycles. The summed E-state index contributed by atoms with van der Waals surface area (Å²) in [5.41, 5.74) is 0. The van der Waals surface area contributed by atoms with Gasteiger partial charge in [0.25, 0.3) is 0 Å². The Kier molecular flexibility index (Phi) is 7.74. The summed E-state index contributed by atoms with van der Waals surface area (Å²) in [6.45, 7) is 5.02. The molecule has 0 spiro atoms. The fourth-order valence-corrected chi connectivity index (χ4v) is 1.47. The molecule has 1 N–H and O–H groups in total. The van der Waals surface area contributed by atoms with Gasteiger partial charge >= 0.3 is 0 Å². The predicted molar refractivity (Wildman–Crippen MR) is 68.2 cm³/mol. The second kappa shape index (κ2) is 7.57. The summed E-state index contributed by atoms with van der Waals surface area (Å²) >= 11 is 5.12.